The average molecular weight is 314 g/mol. The van der Waals surface area contributed by atoms with E-state index in [1.807, 2.05) is 30.3 Å². The molecule has 4 heteroatoms. The fourth-order valence-electron chi connectivity index (χ4n) is 3.18. The molecule has 1 saturated heterocycles. The number of hydrogen-bond donors (Lipinski definition) is 1. The topological polar surface area (TPSA) is 41.6 Å². The fraction of sp³-hybridized carbons (Fsp3) is 0.526. The summed E-state index contributed by atoms with van der Waals surface area (Å²) in [5.74, 6) is 0.978. The number of allylic oxidation sites excluding steroid dienone is 1. The van der Waals surface area contributed by atoms with Crippen molar-refractivity contribution in [3.8, 4) is 5.75 Å². The maximum Gasteiger partial charge on any atom is 0.247 e. The highest BCUT2D eigenvalue weighted by Gasteiger charge is 2.13. The van der Waals surface area contributed by atoms with Crippen molar-refractivity contribution < 1.29 is 9.53 Å². The molecule has 0 bridgehead atoms. The Balaban J connectivity index is 1.38. The Morgan fingerprint density at radius 3 is 2.61 bits per heavy atom. The van der Waals surface area contributed by atoms with E-state index in [2.05, 4.69) is 10.2 Å². The first-order valence-electron chi connectivity index (χ1n) is 8.72. The summed E-state index contributed by atoms with van der Waals surface area (Å²) in [6, 6.07) is 8.02. The zero-order chi connectivity index (χ0) is 15.9. The van der Waals surface area contributed by atoms with Crippen molar-refractivity contribution in [1.29, 1.82) is 0 Å². The van der Waals surface area contributed by atoms with Crippen molar-refractivity contribution in [3.05, 3.63) is 41.5 Å². The maximum absolute atomic E-state index is 11.9. The molecule has 124 valence electrons. The monoisotopic (exact) mass is 314 g/mol. The van der Waals surface area contributed by atoms with Gasteiger partial charge in [-0.05, 0) is 62.9 Å². The van der Waals surface area contributed by atoms with Gasteiger partial charge in [0.15, 0.2) is 0 Å². The Hall–Kier alpha value is -1.81. The summed E-state index contributed by atoms with van der Waals surface area (Å²) in [6.45, 7) is 4.73. The van der Waals surface area contributed by atoms with Crippen LogP contribution in [0.5, 0.6) is 5.75 Å². The summed E-state index contributed by atoms with van der Waals surface area (Å²) in [6.07, 6.45) is 7.73. The lowest BCUT2D eigenvalue weighted by Crippen LogP contribution is -2.25. The fourth-order valence-corrected chi connectivity index (χ4v) is 3.18. The van der Waals surface area contributed by atoms with Gasteiger partial charge in [-0.25, -0.2) is 0 Å². The van der Waals surface area contributed by atoms with E-state index in [0.717, 1.165) is 49.3 Å². The van der Waals surface area contributed by atoms with Crippen molar-refractivity contribution in [1.82, 2.24) is 10.2 Å². The van der Waals surface area contributed by atoms with Gasteiger partial charge < -0.3 is 10.1 Å². The number of carbonyl (C=O) groups excluding carboxylic acids is 1. The van der Waals surface area contributed by atoms with Gasteiger partial charge in [0.2, 0.25) is 5.91 Å². The molecule has 0 atom stereocenters. The first kappa shape index (κ1) is 16.1. The zero-order valence-electron chi connectivity index (χ0n) is 13.7. The molecule has 1 N–H and O–H groups in total. The van der Waals surface area contributed by atoms with E-state index < -0.39 is 0 Å². The van der Waals surface area contributed by atoms with Crippen LogP contribution in [0.3, 0.4) is 0 Å². The third-order valence-corrected chi connectivity index (χ3v) is 4.58. The van der Waals surface area contributed by atoms with Crippen molar-refractivity contribution in [3.63, 3.8) is 0 Å². The molecule has 1 aromatic carbocycles. The van der Waals surface area contributed by atoms with Gasteiger partial charge in [-0.15, -0.1) is 0 Å². The highest BCUT2D eigenvalue weighted by molar-refractivity contribution is 5.93. The Labute approximate surface area is 138 Å². The first-order chi connectivity index (χ1) is 11.3. The lowest BCUT2D eigenvalue weighted by Gasteiger charge is -2.15. The number of nitrogens with one attached hydrogen (secondary N) is 1. The summed E-state index contributed by atoms with van der Waals surface area (Å²) in [5.41, 5.74) is 2.04. The van der Waals surface area contributed by atoms with Crippen LogP contribution in [0.15, 0.2) is 35.9 Å². The van der Waals surface area contributed by atoms with Gasteiger partial charge in [-0.3, -0.25) is 9.69 Å². The summed E-state index contributed by atoms with van der Waals surface area (Å²) < 4.78 is 5.79. The third kappa shape index (κ3) is 4.83. The van der Waals surface area contributed by atoms with Gasteiger partial charge in [0.05, 0.1) is 0 Å². The minimum Gasteiger partial charge on any atom is -0.492 e. The molecule has 0 radical (unpaired) electrons. The molecule has 0 saturated carbocycles. The number of nitrogens with zero attached hydrogens (tertiary/aromatic N) is 1. The van der Waals surface area contributed by atoms with Crippen LogP contribution in [0.25, 0.3) is 0 Å². The minimum absolute atomic E-state index is 0.0773. The molecular formula is C19H26N2O2. The van der Waals surface area contributed by atoms with Crippen LogP contribution in [0.1, 0.15) is 37.7 Å². The average Bonchev–Trinajstić information content (AvgIpc) is 3.27. The van der Waals surface area contributed by atoms with Crippen LogP contribution in [-0.4, -0.2) is 37.0 Å². The molecule has 1 heterocycles. The van der Waals surface area contributed by atoms with Crippen LogP contribution < -0.4 is 10.1 Å². The highest BCUT2D eigenvalue weighted by atomic mass is 16.5. The van der Waals surface area contributed by atoms with Gasteiger partial charge in [0, 0.05) is 18.7 Å². The second-order valence-electron chi connectivity index (χ2n) is 6.35. The Morgan fingerprint density at radius 1 is 1.13 bits per heavy atom. The van der Waals surface area contributed by atoms with Gasteiger partial charge >= 0.3 is 0 Å². The summed E-state index contributed by atoms with van der Waals surface area (Å²) in [7, 11) is 0. The summed E-state index contributed by atoms with van der Waals surface area (Å²) in [5, 5.41) is 2.99. The minimum atomic E-state index is 0.0773. The molecule has 0 unspecified atom stereocenters. The number of benzene rings is 1. The van der Waals surface area contributed by atoms with Gasteiger partial charge in [0.1, 0.15) is 12.4 Å². The lowest BCUT2D eigenvalue weighted by atomic mass is 10.2. The number of ether oxygens (including phenoxy) is 1. The second kappa shape index (κ2) is 8.16. The van der Waals surface area contributed by atoms with E-state index in [9.17, 15) is 4.79 Å². The van der Waals surface area contributed by atoms with Crippen molar-refractivity contribution in [2.24, 2.45) is 0 Å². The highest BCUT2D eigenvalue weighted by Crippen LogP contribution is 2.18. The SMILES string of the molecule is O=C(NCc1ccc(OCCN2CCCC2)cc1)C1=CCCC1. The van der Waals surface area contributed by atoms with E-state index >= 15 is 0 Å². The normalized spacial score (nSPS) is 18.0. The molecule has 1 aromatic rings. The van der Waals surface area contributed by atoms with Gasteiger partial charge in [0.25, 0.3) is 0 Å². The predicted octanol–water partition coefficient (Wildman–Crippen LogP) is 2.89. The van der Waals surface area contributed by atoms with E-state index in [4.69, 9.17) is 4.74 Å². The number of rotatable bonds is 7. The molecule has 1 fully saturated rings. The van der Waals surface area contributed by atoms with Crippen LogP contribution >= 0.6 is 0 Å². The van der Waals surface area contributed by atoms with Crippen molar-refractivity contribution >= 4 is 5.91 Å². The molecular weight excluding hydrogens is 288 g/mol. The largest absolute Gasteiger partial charge is 0.492 e. The first-order valence-corrected chi connectivity index (χ1v) is 8.72. The molecule has 4 nitrogen and oxygen atoms in total. The summed E-state index contributed by atoms with van der Waals surface area (Å²) in [4.78, 5) is 14.4. The van der Waals surface area contributed by atoms with E-state index in [-0.39, 0.29) is 5.91 Å². The molecule has 1 aliphatic carbocycles. The van der Waals surface area contributed by atoms with Crippen LogP contribution in [0, 0.1) is 0 Å². The van der Waals surface area contributed by atoms with E-state index in [0.29, 0.717) is 6.54 Å². The van der Waals surface area contributed by atoms with Crippen LogP contribution in [0.2, 0.25) is 0 Å². The molecule has 0 aromatic heterocycles. The molecule has 3 rings (SSSR count). The van der Waals surface area contributed by atoms with Crippen molar-refractivity contribution in [2.75, 3.05) is 26.2 Å². The standard InChI is InChI=1S/C19H26N2O2/c22-19(17-5-1-2-6-17)20-15-16-7-9-18(10-8-16)23-14-13-21-11-3-4-12-21/h5,7-10H,1-4,6,11-15H2,(H,20,22). The Kier molecular flexibility index (Phi) is 5.70. The van der Waals surface area contributed by atoms with Gasteiger partial charge in [-0.2, -0.15) is 0 Å². The molecule has 23 heavy (non-hydrogen) atoms. The number of likely N-dealkylation sites (tertiary alicyclic amines) is 1. The maximum atomic E-state index is 11.9. The Morgan fingerprint density at radius 2 is 1.91 bits per heavy atom. The number of carbonyl (C=O) groups is 1. The van der Waals surface area contributed by atoms with Gasteiger partial charge in [-0.1, -0.05) is 18.2 Å². The molecule has 2 aliphatic rings. The quantitative estimate of drug-likeness (QED) is 0.841. The third-order valence-electron chi connectivity index (χ3n) is 4.58. The van der Waals surface area contributed by atoms with E-state index in [1.165, 1.54) is 25.9 Å². The molecule has 1 aliphatic heterocycles. The second-order valence-corrected chi connectivity index (χ2v) is 6.35. The van der Waals surface area contributed by atoms with Crippen molar-refractivity contribution in [2.45, 2.75) is 38.6 Å². The van der Waals surface area contributed by atoms with E-state index in [1.54, 1.807) is 0 Å². The Bertz CT molecular complexity index is 545. The predicted molar refractivity (Wildman–Crippen MR) is 91.4 cm³/mol. The number of hydrogen-bond acceptors (Lipinski definition) is 3. The smallest absolute Gasteiger partial charge is 0.247 e. The lowest BCUT2D eigenvalue weighted by molar-refractivity contribution is -0.117. The molecule has 1 amide bonds. The van der Waals surface area contributed by atoms with Crippen LogP contribution in [-0.2, 0) is 11.3 Å². The number of amides is 1. The molecule has 0 spiro atoms. The van der Waals surface area contributed by atoms with Crippen LogP contribution in [0.4, 0.5) is 0 Å². The summed E-state index contributed by atoms with van der Waals surface area (Å²) >= 11 is 0. The zero-order valence-corrected chi connectivity index (χ0v) is 13.7.